The summed E-state index contributed by atoms with van der Waals surface area (Å²) < 4.78 is 0. The summed E-state index contributed by atoms with van der Waals surface area (Å²) >= 11 is 6.24. The van der Waals surface area contributed by atoms with Gasteiger partial charge in [0.05, 0.1) is 21.6 Å². The Balaban J connectivity index is 2.46. The molecule has 1 N–H and O–H groups in total. The van der Waals surface area contributed by atoms with Crippen molar-refractivity contribution < 1.29 is 0 Å². The van der Waals surface area contributed by atoms with Crippen LogP contribution in [-0.4, -0.2) is 4.98 Å². The molecule has 1 aromatic heterocycles. The van der Waals surface area contributed by atoms with Gasteiger partial charge in [-0.05, 0) is 31.0 Å². The first-order valence-electron chi connectivity index (χ1n) is 6.46. The number of halogens is 1. The van der Waals surface area contributed by atoms with Gasteiger partial charge in [-0.15, -0.1) is 0 Å². The lowest BCUT2D eigenvalue weighted by Crippen LogP contribution is -2.11. The van der Waals surface area contributed by atoms with Gasteiger partial charge >= 0.3 is 0 Å². The van der Waals surface area contributed by atoms with Crippen molar-refractivity contribution in [1.82, 2.24) is 4.98 Å². The highest BCUT2D eigenvalue weighted by molar-refractivity contribution is 6.35. The highest BCUT2D eigenvalue weighted by atomic mass is 35.5. The predicted octanol–water partition coefficient (Wildman–Crippen LogP) is 4.47. The van der Waals surface area contributed by atoms with Crippen molar-refractivity contribution in [2.45, 2.75) is 13.8 Å². The molecular weight excluding hydrogens is 270 g/mol. The van der Waals surface area contributed by atoms with Crippen LogP contribution in [0.3, 0.4) is 0 Å². The standard InChI is InChI=1S/C17H14ClNO/c1-10-8-9-13(18)16-14(10)17(20)11(2)15(19-16)12-6-4-3-5-7-12/h3-9H,1-2H3,(H,19,20). The van der Waals surface area contributed by atoms with Crippen molar-refractivity contribution in [3.05, 3.63) is 68.8 Å². The van der Waals surface area contributed by atoms with Crippen LogP contribution < -0.4 is 5.43 Å². The summed E-state index contributed by atoms with van der Waals surface area (Å²) in [6, 6.07) is 13.5. The van der Waals surface area contributed by atoms with Crippen LogP contribution in [0.25, 0.3) is 22.2 Å². The minimum Gasteiger partial charge on any atom is -0.353 e. The van der Waals surface area contributed by atoms with Gasteiger partial charge in [0.25, 0.3) is 0 Å². The monoisotopic (exact) mass is 283 g/mol. The molecule has 20 heavy (non-hydrogen) atoms. The number of H-pyrrole nitrogens is 1. The Morgan fingerprint density at radius 3 is 2.40 bits per heavy atom. The number of aromatic nitrogens is 1. The van der Waals surface area contributed by atoms with E-state index in [0.29, 0.717) is 21.5 Å². The van der Waals surface area contributed by atoms with Crippen molar-refractivity contribution >= 4 is 22.5 Å². The van der Waals surface area contributed by atoms with Gasteiger partial charge in [-0.3, -0.25) is 4.79 Å². The van der Waals surface area contributed by atoms with Crippen LogP contribution in [0.4, 0.5) is 0 Å². The molecule has 3 heteroatoms. The molecular formula is C17H14ClNO. The van der Waals surface area contributed by atoms with E-state index >= 15 is 0 Å². The molecule has 0 saturated heterocycles. The average molecular weight is 284 g/mol. The van der Waals surface area contributed by atoms with Crippen LogP contribution in [0, 0.1) is 13.8 Å². The third-order valence-electron chi connectivity index (χ3n) is 3.62. The van der Waals surface area contributed by atoms with E-state index in [0.717, 1.165) is 16.8 Å². The van der Waals surface area contributed by atoms with E-state index < -0.39 is 0 Å². The first kappa shape index (κ1) is 12.9. The highest BCUT2D eigenvalue weighted by Crippen LogP contribution is 2.27. The first-order chi connectivity index (χ1) is 9.59. The van der Waals surface area contributed by atoms with Crippen LogP contribution in [0.15, 0.2) is 47.3 Å². The van der Waals surface area contributed by atoms with Gasteiger partial charge in [-0.25, -0.2) is 0 Å². The Kier molecular flexibility index (Phi) is 3.11. The summed E-state index contributed by atoms with van der Waals surface area (Å²) in [5.41, 5.74) is 4.22. The lowest BCUT2D eigenvalue weighted by atomic mass is 10.0. The normalized spacial score (nSPS) is 10.9. The van der Waals surface area contributed by atoms with Gasteiger partial charge in [0.1, 0.15) is 0 Å². The zero-order chi connectivity index (χ0) is 14.3. The van der Waals surface area contributed by atoms with Crippen LogP contribution in [0.1, 0.15) is 11.1 Å². The molecule has 0 radical (unpaired) electrons. The summed E-state index contributed by atoms with van der Waals surface area (Å²) in [5, 5.41) is 1.24. The van der Waals surface area contributed by atoms with Crippen molar-refractivity contribution in [3.8, 4) is 11.3 Å². The molecule has 0 fully saturated rings. The molecule has 0 aliphatic carbocycles. The molecule has 100 valence electrons. The number of hydrogen-bond donors (Lipinski definition) is 1. The van der Waals surface area contributed by atoms with E-state index in [-0.39, 0.29) is 5.43 Å². The summed E-state index contributed by atoms with van der Waals surface area (Å²) in [5.74, 6) is 0. The molecule has 0 spiro atoms. The van der Waals surface area contributed by atoms with E-state index in [9.17, 15) is 4.79 Å². The Hall–Kier alpha value is -2.06. The number of pyridine rings is 1. The minimum absolute atomic E-state index is 0.0394. The van der Waals surface area contributed by atoms with Crippen LogP contribution >= 0.6 is 11.6 Å². The second-order valence-corrected chi connectivity index (χ2v) is 5.34. The maximum atomic E-state index is 12.6. The van der Waals surface area contributed by atoms with Crippen LogP contribution in [0.2, 0.25) is 5.02 Å². The summed E-state index contributed by atoms with van der Waals surface area (Å²) in [7, 11) is 0. The molecule has 1 heterocycles. The molecule has 0 bridgehead atoms. The Labute approximate surface area is 122 Å². The number of benzene rings is 2. The smallest absolute Gasteiger partial charge is 0.193 e. The Morgan fingerprint density at radius 2 is 1.70 bits per heavy atom. The molecule has 0 saturated carbocycles. The molecule has 3 aromatic rings. The van der Waals surface area contributed by atoms with Crippen molar-refractivity contribution in [3.63, 3.8) is 0 Å². The lowest BCUT2D eigenvalue weighted by molar-refractivity contribution is 1.29. The third kappa shape index (κ3) is 1.93. The van der Waals surface area contributed by atoms with E-state index in [2.05, 4.69) is 4.98 Å². The predicted molar refractivity (Wildman–Crippen MR) is 84.5 cm³/mol. The Bertz CT molecular complexity index is 850. The zero-order valence-electron chi connectivity index (χ0n) is 11.3. The molecule has 2 nitrogen and oxygen atoms in total. The maximum absolute atomic E-state index is 12.6. The number of aryl methyl sites for hydroxylation is 1. The van der Waals surface area contributed by atoms with Gasteiger partial charge in [0.15, 0.2) is 5.43 Å². The van der Waals surface area contributed by atoms with Gasteiger partial charge < -0.3 is 4.98 Å². The van der Waals surface area contributed by atoms with Crippen molar-refractivity contribution in [2.24, 2.45) is 0 Å². The fourth-order valence-electron chi connectivity index (χ4n) is 2.51. The van der Waals surface area contributed by atoms with E-state index in [1.165, 1.54) is 0 Å². The molecule has 3 rings (SSSR count). The quantitative estimate of drug-likeness (QED) is 0.702. The fraction of sp³-hybridized carbons (Fsp3) is 0.118. The fourth-order valence-corrected chi connectivity index (χ4v) is 2.71. The zero-order valence-corrected chi connectivity index (χ0v) is 12.1. The topological polar surface area (TPSA) is 32.9 Å². The number of aromatic amines is 1. The average Bonchev–Trinajstić information content (AvgIpc) is 2.47. The number of rotatable bonds is 1. The molecule has 0 aliphatic heterocycles. The first-order valence-corrected chi connectivity index (χ1v) is 6.84. The number of nitrogens with one attached hydrogen (secondary N) is 1. The molecule has 0 aliphatic rings. The Morgan fingerprint density at radius 1 is 1.00 bits per heavy atom. The minimum atomic E-state index is 0.0394. The second kappa shape index (κ2) is 4.80. The summed E-state index contributed by atoms with van der Waals surface area (Å²) in [4.78, 5) is 15.9. The summed E-state index contributed by atoms with van der Waals surface area (Å²) in [6.45, 7) is 3.77. The number of hydrogen-bond acceptors (Lipinski definition) is 1. The molecule has 2 aromatic carbocycles. The van der Waals surface area contributed by atoms with Crippen LogP contribution in [0.5, 0.6) is 0 Å². The van der Waals surface area contributed by atoms with E-state index in [4.69, 9.17) is 11.6 Å². The van der Waals surface area contributed by atoms with Gasteiger partial charge in [-0.1, -0.05) is 48.0 Å². The largest absolute Gasteiger partial charge is 0.353 e. The van der Waals surface area contributed by atoms with Gasteiger partial charge in [0, 0.05) is 5.56 Å². The van der Waals surface area contributed by atoms with E-state index in [1.807, 2.05) is 56.3 Å². The molecule has 0 unspecified atom stereocenters. The molecule has 0 amide bonds. The van der Waals surface area contributed by atoms with Crippen molar-refractivity contribution in [2.75, 3.05) is 0 Å². The summed E-state index contributed by atoms with van der Waals surface area (Å²) in [6.07, 6.45) is 0. The van der Waals surface area contributed by atoms with Gasteiger partial charge in [-0.2, -0.15) is 0 Å². The number of fused-ring (bicyclic) bond motifs is 1. The second-order valence-electron chi connectivity index (χ2n) is 4.93. The third-order valence-corrected chi connectivity index (χ3v) is 3.93. The lowest BCUT2D eigenvalue weighted by Gasteiger charge is -2.11. The SMILES string of the molecule is Cc1c(-c2ccccc2)[nH]c2c(Cl)ccc(C)c2c1=O. The maximum Gasteiger partial charge on any atom is 0.193 e. The highest BCUT2D eigenvalue weighted by Gasteiger charge is 2.13. The van der Waals surface area contributed by atoms with E-state index in [1.54, 1.807) is 0 Å². The molecule has 0 atom stereocenters. The van der Waals surface area contributed by atoms with Crippen molar-refractivity contribution in [1.29, 1.82) is 0 Å². The van der Waals surface area contributed by atoms with Gasteiger partial charge in [0.2, 0.25) is 0 Å². The van der Waals surface area contributed by atoms with Crippen LogP contribution in [-0.2, 0) is 0 Å².